The molecule has 0 bridgehead atoms. The van der Waals surface area contributed by atoms with Gasteiger partial charge in [-0.3, -0.25) is 0 Å². The highest BCUT2D eigenvalue weighted by atomic mass is 16.3. The Morgan fingerprint density at radius 1 is 1.45 bits per heavy atom. The molecule has 1 N–H and O–H groups in total. The zero-order chi connectivity index (χ0) is 8.27. The normalized spacial score (nSPS) is 31.7. The Morgan fingerprint density at radius 2 is 2.18 bits per heavy atom. The van der Waals surface area contributed by atoms with Crippen molar-refractivity contribution in [2.45, 2.75) is 45.6 Å². The van der Waals surface area contributed by atoms with Crippen molar-refractivity contribution in [1.82, 2.24) is 0 Å². The first-order chi connectivity index (χ1) is 5.27. The van der Waals surface area contributed by atoms with Crippen LogP contribution in [0.25, 0.3) is 0 Å². The maximum Gasteiger partial charge on any atom is 0.0750 e. The molecular formula is C10H18O. The molecule has 1 heteroatoms. The summed E-state index contributed by atoms with van der Waals surface area (Å²) in [4.78, 5) is 0. The summed E-state index contributed by atoms with van der Waals surface area (Å²) in [7, 11) is 0. The van der Waals surface area contributed by atoms with E-state index in [2.05, 4.69) is 19.9 Å². The van der Waals surface area contributed by atoms with Gasteiger partial charge in [0.1, 0.15) is 0 Å². The molecule has 0 radical (unpaired) electrons. The van der Waals surface area contributed by atoms with E-state index in [0.29, 0.717) is 0 Å². The standard InChI is InChI=1S/C10H18O/c1-3-8-5-6-10(11)9(4-2)7-8/h7-8,10-11H,3-6H2,1-2H3. The van der Waals surface area contributed by atoms with Crippen LogP contribution in [0.15, 0.2) is 11.6 Å². The van der Waals surface area contributed by atoms with E-state index in [9.17, 15) is 5.11 Å². The third-order valence-corrected chi connectivity index (χ3v) is 2.62. The number of aliphatic hydroxyl groups excluding tert-OH is 1. The molecule has 0 aromatic carbocycles. The van der Waals surface area contributed by atoms with Gasteiger partial charge in [-0.25, -0.2) is 0 Å². The Morgan fingerprint density at radius 3 is 2.73 bits per heavy atom. The number of hydrogen-bond donors (Lipinski definition) is 1. The average Bonchev–Trinajstić information content (AvgIpc) is 2.05. The molecule has 1 nitrogen and oxygen atoms in total. The molecule has 2 unspecified atom stereocenters. The van der Waals surface area contributed by atoms with Gasteiger partial charge in [0.25, 0.3) is 0 Å². The number of rotatable bonds is 2. The van der Waals surface area contributed by atoms with Gasteiger partial charge in [0, 0.05) is 0 Å². The van der Waals surface area contributed by atoms with Crippen LogP contribution >= 0.6 is 0 Å². The lowest BCUT2D eigenvalue weighted by Gasteiger charge is -2.23. The SMILES string of the molecule is CCC1=CC(CC)CCC1O. The van der Waals surface area contributed by atoms with Gasteiger partial charge in [0.2, 0.25) is 0 Å². The molecule has 0 aromatic rings. The van der Waals surface area contributed by atoms with E-state index in [1.54, 1.807) is 0 Å². The highest BCUT2D eigenvalue weighted by molar-refractivity contribution is 5.12. The Bertz CT molecular complexity index is 149. The van der Waals surface area contributed by atoms with Crippen molar-refractivity contribution < 1.29 is 5.11 Å². The summed E-state index contributed by atoms with van der Waals surface area (Å²) < 4.78 is 0. The van der Waals surface area contributed by atoms with E-state index >= 15 is 0 Å². The van der Waals surface area contributed by atoms with Crippen LogP contribution in [0.5, 0.6) is 0 Å². The van der Waals surface area contributed by atoms with E-state index in [1.165, 1.54) is 18.4 Å². The van der Waals surface area contributed by atoms with Gasteiger partial charge in [0.05, 0.1) is 6.10 Å². The van der Waals surface area contributed by atoms with Crippen molar-refractivity contribution in [3.63, 3.8) is 0 Å². The van der Waals surface area contributed by atoms with Crippen LogP contribution < -0.4 is 0 Å². The minimum absolute atomic E-state index is 0.136. The van der Waals surface area contributed by atoms with Gasteiger partial charge < -0.3 is 5.11 Å². The number of allylic oxidation sites excluding steroid dienone is 1. The summed E-state index contributed by atoms with van der Waals surface area (Å²) in [6.45, 7) is 4.33. The van der Waals surface area contributed by atoms with Crippen molar-refractivity contribution in [3.05, 3.63) is 11.6 Å². The van der Waals surface area contributed by atoms with Gasteiger partial charge in [-0.05, 0) is 37.2 Å². The second-order valence-electron chi connectivity index (χ2n) is 3.36. The molecule has 0 aromatic heterocycles. The van der Waals surface area contributed by atoms with Crippen LogP contribution in [0, 0.1) is 5.92 Å². The van der Waals surface area contributed by atoms with Gasteiger partial charge in [-0.15, -0.1) is 0 Å². The first kappa shape index (κ1) is 8.79. The van der Waals surface area contributed by atoms with Crippen molar-refractivity contribution in [1.29, 1.82) is 0 Å². The maximum atomic E-state index is 9.51. The fourth-order valence-electron chi connectivity index (χ4n) is 1.73. The van der Waals surface area contributed by atoms with Crippen LogP contribution in [0.4, 0.5) is 0 Å². The lowest BCUT2D eigenvalue weighted by atomic mass is 9.86. The number of aliphatic hydroxyl groups is 1. The van der Waals surface area contributed by atoms with Crippen LogP contribution in [0.2, 0.25) is 0 Å². The minimum atomic E-state index is -0.136. The lowest BCUT2D eigenvalue weighted by molar-refractivity contribution is 0.177. The third-order valence-electron chi connectivity index (χ3n) is 2.62. The monoisotopic (exact) mass is 154 g/mol. The lowest BCUT2D eigenvalue weighted by Crippen LogP contribution is -2.17. The zero-order valence-corrected chi connectivity index (χ0v) is 7.51. The van der Waals surface area contributed by atoms with E-state index in [4.69, 9.17) is 0 Å². The van der Waals surface area contributed by atoms with Gasteiger partial charge >= 0.3 is 0 Å². The highest BCUT2D eigenvalue weighted by Crippen LogP contribution is 2.26. The fourth-order valence-corrected chi connectivity index (χ4v) is 1.73. The molecule has 1 rings (SSSR count). The molecule has 0 saturated heterocycles. The van der Waals surface area contributed by atoms with Crippen molar-refractivity contribution in [3.8, 4) is 0 Å². The second kappa shape index (κ2) is 3.91. The average molecular weight is 154 g/mol. The first-order valence-corrected chi connectivity index (χ1v) is 4.66. The predicted octanol–water partition coefficient (Wildman–Crippen LogP) is 2.50. The number of hydrogen-bond acceptors (Lipinski definition) is 1. The molecule has 0 spiro atoms. The molecule has 0 fully saturated rings. The summed E-state index contributed by atoms with van der Waals surface area (Å²) in [5.74, 6) is 0.730. The van der Waals surface area contributed by atoms with Gasteiger partial charge in [-0.2, -0.15) is 0 Å². The summed E-state index contributed by atoms with van der Waals surface area (Å²) in [6, 6.07) is 0. The molecule has 11 heavy (non-hydrogen) atoms. The van der Waals surface area contributed by atoms with Crippen LogP contribution in [0.3, 0.4) is 0 Å². The molecule has 0 aliphatic heterocycles. The largest absolute Gasteiger partial charge is 0.389 e. The van der Waals surface area contributed by atoms with E-state index in [-0.39, 0.29) is 6.10 Å². The van der Waals surface area contributed by atoms with E-state index in [0.717, 1.165) is 18.8 Å². The highest BCUT2D eigenvalue weighted by Gasteiger charge is 2.18. The first-order valence-electron chi connectivity index (χ1n) is 4.66. The molecule has 2 atom stereocenters. The van der Waals surface area contributed by atoms with Crippen LogP contribution in [-0.4, -0.2) is 11.2 Å². The third kappa shape index (κ3) is 2.06. The Kier molecular flexibility index (Phi) is 3.13. The molecule has 0 saturated carbocycles. The zero-order valence-electron chi connectivity index (χ0n) is 7.51. The minimum Gasteiger partial charge on any atom is -0.389 e. The smallest absolute Gasteiger partial charge is 0.0750 e. The molecule has 0 amide bonds. The quantitative estimate of drug-likeness (QED) is 0.606. The summed E-state index contributed by atoms with van der Waals surface area (Å²) >= 11 is 0. The van der Waals surface area contributed by atoms with E-state index < -0.39 is 0 Å². The topological polar surface area (TPSA) is 20.2 Å². The van der Waals surface area contributed by atoms with Crippen LogP contribution in [-0.2, 0) is 0 Å². The van der Waals surface area contributed by atoms with Crippen molar-refractivity contribution in [2.75, 3.05) is 0 Å². The summed E-state index contributed by atoms with van der Waals surface area (Å²) in [6.07, 6.45) is 6.50. The maximum absolute atomic E-state index is 9.51. The second-order valence-corrected chi connectivity index (χ2v) is 3.36. The Balaban J connectivity index is 2.61. The molecule has 1 aliphatic carbocycles. The Hall–Kier alpha value is -0.300. The van der Waals surface area contributed by atoms with Gasteiger partial charge in [-0.1, -0.05) is 19.9 Å². The van der Waals surface area contributed by atoms with E-state index in [1.807, 2.05) is 0 Å². The van der Waals surface area contributed by atoms with Crippen LogP contribution in [0.1, 0.15) is 39.5 Å². The summed E-state index contributed by atoms with van der Waals surface area (Å²) in [5.41, 5.74) is 1.25. The molecule has 64 valence electrons. The molecule has 1 aliphatic rings. The summed E-state index contributed by atoms with van der Waals surface area (Å²) in [5, 5.41) is 9.51. The van der Waals surface area contributed by atoms with Crippen molar-refractivity contribution in [2.24, 2.45) is 5.92 Å². The predicted molar refractivity (Wildman–Crippen MR) is 47.4 cm³/mol. The Labute approximate surface area is 69.1 Å². The van der Waals surface area contributed by atoms with Gasteiger partial charge in [0.15, 0.2) is 0 Å². The fraction of sp³-hybridized carbons (Fsp3) is 0.800. The van der Waals surface area contributed by atoms with Crippen molar-refractivity contribution >= 4 is 0 Å². The molecular weight excluding hydrogens is 136 g/mol. The molecule has 0 heterocycles.